The number of nitrogens with one attached hydrogen (secondary N) is 1. The molecular weight excluding hydrogens is 329 g/mol. The second-order valence-corrected chi connectivity index (χ2v) is 5.25. The van der Waals surface area contributed by atoms with Gasteiger partial charge in [0.05, 0.1) is 5.02 Å². The fourth-order valence-corrected chi connectivity index (χ4v) is 2.35. The number of hydrogen-bond donors (Lipinski definition) is 1. The van der Waals surface area contributed by atoms with E-state index in [9.17, 15) is 9.65 Å². The van der Waals surface area contributed by atoms with Crippen molar-refractivity contribution in [1.82, 2.24) is 5.16 Å². The topological polar surface area (TPSA) is 61.9 Å². The van der Waals surface area contributed by atoms with Crippen LogP contribution in [0.5, 0.6) is 0 Å². The Bertz CT molecular complexity index is 926. The van der Waals surface area contributed by atoms with Gasteiger partial charge >= 0.3 is 0 Å². The van der Waals surface area contributed by atoms with Crippen LogP contribution in [0, 0.1) is 17.1 Å². The zero-order valence-corrected chi connectivity index (χ0v) is 13.1. The van der Waals surface area contributed by atoms with E-state index >= 15 is 0 Å². The summed E-state index contributed by atoms with van der Waals surface area (Å²) in [6.07, 6.45) is 3.17. The Kier molecular flexibility index (Phi) is 4.59. The zero-order chi connectivity index (χ0) is 16.9. The quantitative estimate of drug-likeness (QED) is 0.719. The average molecular weight is 340 g/mol. The molecule has 0 radical (unpaired) electrons. The number of benzene rings is 2. The van der Waals surface area contributed by atoms with Crippen LogP contribution in [0.1, 0.15) is 11.3 Å². The minimum atomic E-state index is -0.309. The summed E-state index contributed by atoms with van der Waals surface area (Å²) < 4.78 is 18.1. The Hall–Kier alpha value is -3.10. The molecule has 1 N–H and O–H groups in total. The van der Waals surface area contributed by atoms with Gasteiger partial charge in [0, 0.05) is 23.5 Å². The SMILES string of the molecule is N#Cc1c(-c2ccccc2Cl)noc1C=CNc1ccc(F)cc1. The number of aromatic nitrogens is 1. The number of rotatable bonds is 4. The van der Waals surface area contributed by atoms with Crippen molar-refractivity contribution in [3.05, 3.63) is 76.9 Å². The van der Waals surface area contributed by atoms with E-state index in [0.717, 1.165) is 0 Å². The largest absolute Gasteiger partial charge is 0.362 e. The van der Waals surface area contributed by atoms with Crippen molar-refractivity contribution in [3.8, 4) is 17.3 Å². The molecule has 0 saturated carbocycles. The summed E-state index contributed by atoms with van der Waals surface area (Å²) in [5.74, 6) is -0.00190. The highest BCUT2D eigenvalue weighted by Gasteiger charge is 2.17. The number of hydrogen-bond acceptors (Lipinski definition) is 4. The molecule has 0 atom stereocenters. The lowest BCUT2D eigenvalue weighted by atomic mass is 10.1. The molecule has 1 heterocycles. The highest BCUT2D eigenvalue weighted by molar-refractivity contribution is 6.33. The van der Waals surface area contributed by atoms with Gasteiger partial charge in [-0.1, -0.05) is 35.0 Å². The van der Waals surface area contributed by atoms with Crippen molar-refractivity contribution in [2.75, 3.05) is 5.32 Å². The minimum Gasteiger partial charge on any atom is -0.362 e. The molecule has 6 heteroatoms. The molecule has 1 aromatic heterocycles. The van der Waals surface area contributed by atoms with Crippen molar-refractivity contribution in [2.24, 2.45) is 0 Å². The smallest absolute Gasteiger partial charge is 0.179 e. The first-order valence-electron chi connectivity index (χ1n) is 7.02. The van der Waals surface area contributed by atoms with Gasteiger partial charge in [-0.2, -0.15) is 5.26 Å². The number of nitriles is 1. The third kappa shape index (κ3) is 3.29. The summed E-state index contributed by atoms with van der Waals surface area (Å²) in [4.78, 5) is 0. The van der Waals surface area contributed by atoms with Gasteiger partial charge in [0.15, 0.2) is 5.76 Å². The standard InChI is InChI=1S/C18H11ClFN3O/c19-16-4-2-1-3-14(16)18-15(11-21)17(24-23-18)9-10-22-13-7-5-12(20)6-8-13/h1-10,22H. The van der Waals surface area contributed by atoms with E-state index in [0.29, 0.717) is 33.3 Å². The lowest BCUT2D eigenvalue weighted by Crippen LogP contribution is -1.87. The Balaban J connectivity index is 1.85. The first-order valence-corrected chi connectivity index (χ1v) is 7.40. The van der Waals surface area contributed by atoms with Crippen molar-refractivity contribution < 1.29 is 8.91 Å². The summed E-state index contributed by atoms with van der Waals surface area (Å²) in [6.45, 7) is 0. The first kappa shape index (κ1) is 15.8. The number of halogens is 2. The lowest BCUT2D eigenvalue weighted by Gasteiger charge is -1.99. The zero-order valence-electron chi connectivity index (χ0n) is 12.3. The molecule has 0 bridgehead atoms. The van der Waals surface area contributed by atoms with Gasteiger partial charge in [-0.25, -0.2) is 4.39 Å². The Morgan fingerprint density at radius 3 is 2.62 bits per heavy atom. The van der Waals surface area contributed by atoms with Gasteiger partial charge in [0.1, 0.15) is 23.1 Å². The summed E-state index contributed by atoms with van der Waals surface area (Å²) in [5, 5.41) is 16.8. The molecule has 0 aliphatic heterocycles. The maximum absolute atomic E-state index is 12.9. The predicted molar refractivity (Wildman–Crippen MR) is 90.7 cm³/mol. The fraction of sp³-hybridized carbons (Fsp3) is 0. The molecule has 0 spiro atoms. The molecular formula is C18H11ClFN3O. The third-order valence-electron chi connectivity index (χ3n) is 3.29. The summed E-state index contributed by atoms with van der Waals surface area (Å²) in [5.41, 5.74) is 2.02. The lowest BCUT2D eigenvalue weighted by molar-refractivity contribution is 0.415. The van der Waals surface area contributed by atoms with E-state index in [1.165, 1.54) is 12.1 Å². The van der Waals surface area contributed by atoms with Crippen LogP contribution in [-0.2, 0) is 0 Å². The monoisotopic (exact) mass is 339 g/mol. The van der Waals surface area contributed by atoms with Crippen LogP contribution in [-0.4, -0.2) is 5.16 Å². The van der Waals surface area contributed by atoms with E-state index in [4.69, 9.17) is 16.1 Å². The summed E-state index contributed by atoms with van der Waals surface area (Å²) >= 11 is 6.14. The van der Waals surface area contributed by atoms with Crippen LogP contribution < -0.4 is 5.32 Å². The van der Waals surface area contributed by atoms with Crippen molar-refractivity contribution >= 4 is 23.4 Å². The van der Waals surface area contributed by atoms with Gasteiger partial charge < -0.3 is 9.84 Å². The van der Waals surface area contributed by atoms with Crippen LogP contribution in [0.4, 0.5) is 10.1 Å². The maximum Gasteiger partial charge on any atom is 0.179 e. The minimum absolute atomic E-state index is 0.292. The molecule has 0 aliphatic carbocycles. The van der Waals surface area contributed by atoms with Crippen molar-refractivity contribution in [2.45, 2.75) is 0 Å². The maximum atomic E-state index is 12.9. The Labute approximate surface area is 142 Å². The summed E-state index contributed by atoms with van der Waals surface area (Å²) in [7, 11) is 0. The number of nitrogens with zero attached hydrogens (tertiary/aromatic N) is 2. The highest BCUT2D eigenvalue weighted by Crippen LogP contribution is 2.31. The molecule has 0 aliphatic rings. The van der Waals surface area contributed by atoms with Crippen LogP contribution in [0.2, 0.25) is 5.02 Å². The molecule has 0 saturated heterocycles. The molecule has 0 fully saturated rings. The molecule has 0 amide bonds. The molecule has 2 aromatic carbocycles. The third-order valence-corrected chi connectivity index (χ3v) is 3.62. The number of anilines is 1. The predicted octanol–water partition coefficient (Wildman–Crippen LogP) is 5.09. The average Bonchev–Trinajstić information content (AvgIpc) is 3.00. The van der Waals surface area contributed by atoms with Gasteiger partial charge in [0.2, 0.25) is 0 Å². The Morgan fingerprint density at radius 1 is 1.17 bits per heavy atom. The van der Waals surface area contributed by atoms with Crippen LogP contribution >= 0.6 is 11.6 Å². The Morgan fingerprint density at radius 2 is 1.92 bits per heavy atom. The second kappa shape index (κ2) is 6.99. The van der Waals surface area contributed by atoms with E-state index in [1.54, 1.807) is 42.6 Å². The highest BCUT2D eigenvalue weighted by atomic mass is 35.5. The van der Waals surface area contributed by atoms with Gasteiger partial charge in [-0.05, 0) is 30.3 Å². The van der Waals surface area contributed by atoms with Crippen molar-refractivity contribution in [3.63, 3.8) is 0 Å². The molecule has 118 valence electrons. The normalized spacial score (nSPS) is 10.7. The van der Waals surface area contributed by atoms with E-state index in [1.807, 2.05) is 6.07 Å². The van der Waals surface area contributed by atoms with Gasteiger partial charge in [-0.15, -0.1) is 0 Å². The molecule has 0 unspecified atom stereocenters. The molecule has 3 aromatic rings. The molecule has 4 nitrogen and oxygen atoms in total. The van der Waals surface area contributed by atoms with Crippen LogP contribution in [0.3, 0.4) is 0 Å². The molecule has 24 heavy (non-hydrogen) atoms. The molecule has 3 rings (SSSR count). The van der Waals surface area contributed by atoms with E-state index in [-0.39, 0.29) is 5.82 Å². The fourth-order valence-electron chi connectivity index (χ4n) is 2.12. The van der Waals surface area contributed by atoms with Crippen molar-refractivity contribution in [1.29, 1.82) is 5.26 Å². The van der Waals surface area contributed by atoms with E-state index < -0.39 is 0 Å². The van der Waals surface area contributed by atoms with Gasteiger partial charge in [0.25, 0.3) is 0 Å². The van der Waals surface area contributed by atoms with E-state index in [2.05, 4.69) is 16.5 Å². The van der Waals surface area contributed by atoms with Crippen LogP contribution in [0.15, 0.2) is 59.3 Å². The second-order valence-electron chi connectivity index (χ2n) is 4.85. The summed E-state index contributed by atoms with van der Waals surface area (Å²) in [6, 6.07) is 15.1. The van der Waals surface area contributed by atoms with Crippen LogP contribution in [0.25, 0.3) is 17.3 Å². The van der Waals surface area contributed by atoms with Gasteiger partial charge in [-0.3, -0.25) is 0 Å². The first-order chi connectivity index (χ1) is 11.7.